The number of nitrogens with one attached hydrogen (secondary N) is 1. The van der Waals surface area contributed by atoms with E-state index in [2.05, 4.69) is 27.0 Å². The first-order valence-electron chi connectivity index (χ1n) is 9.27. The van der Waals surface area contributed by atoms with Crippen molar-refractivity contribution in [1.82, 2.24) is 9.55 Å². The highest BCUT2D eigenvalue weighted by atomic mass is 16.1. The van der Waals surface area contributed by atoms with E-state index in [9.17, 15) is 4.79 Å². The summed E-state index contributed by atoms with van der Waals surface area (Å²) in [5.41, 5.74) is 4.18. The molecule has 1 atom stereocenters. The second-order valence-electron chi connectivity index (χ2n) is 6.75. The third-order valence-corrected chi connectivity index (χ3v) is 5.10. The Hall–Kier alpha value is -2.88. The first-order chi connectivity index (χ1) is 12.8. The van der Waals surface area contributed by atoms with Gasteiger partial charge in [-0.3, -0.25) is 4.79 Å². The van der Waals surface area contributed by atoms with Gasteiger partial charge in [-0.2, -0.15) is 0 Å². The molecule has 0 spiro atoms. The number of rotatable bonds is 5. The molecular weight excluding hydrogens is 322 g/mol. The lowest BCUT2D eigenvalue weighted by Crippen LogP contribution is -2.20. The number of imidazole rings is 1. The molecule has 0 bridgehead atoms. The van der Waals surface area contributed by atoms with Gasteiger partial charge in [-0.1, -0.05) is 49.4 Å². The van der Waals surface area contributed by atoms with Crippen molar-refractivity contribution in [2.45, 2.75) is 38.6 Å². The van der Waals surface area contributed by atoms with Gasteiger partial charge in [-0.25, -0.2) is 4.98 Å². The van der Waals surface area contributed by atoms with Crippen LogP contribution in [0.3, 0.4) is 0 Å². The summed E-state index contributed by atoms with van der Waals surface area (Å²) in [5.74, 6) is 1.08. The first-order valence-corrected chi connectivity index (χ1v) is 9.27. The van der Waals surface area contributed by atoms with E-state index < -0.39 is 0 Å². The average molecular weight is 345 g/mol. The molecule has 0 unspecified atom stereocenters. The fraction of sp³-hybridized carbons (Fsp3) is 0.273. The minimum atomic E-state index is -0.131. The summed E-state index contributed by atoms with van der Waals surface area (Å²) in [7, 11) is 0. The molecule has 0 radical (unpaired) electrons. The minimum absolute atomic E-state index is 0.0386. The molecule has 4 rings (SSSR count). The number of aryl methyl sites for hydroxylation is 1. The molecule has 0 aliphatic carbocycles. The molecule has 1 N–H and O–H groups in total. The van der Waals surface area contributed by atoms with Crippen molar-refractivity contribution in [2.75, 3.05) is 5.32 Å². The summed E-state index contributed by atoms with van der Waals surface area (Å²) in [6.07, 6.45) is 4.95. The molecular formula is C22H23N3O. The second kappa shape index (κ2) is 7.16. The van der Waals surface area contributed by atoms with Crippen LogP contribution >= 0.6 is 0 Å². The molecule has 2 aromatic carbocycles. The lowest BCUT2D eigenvalue weighted by atomic mass is 9.95. The molecule has 1 aliphatic heterocycles. The summed E-state index contributed by atoms with van der Waals surface area (Å²) in [6, 6.07) is 18.0. The van der Waals surface area contributed by atoms with Crippen LogP contribution in [-0.2, 0) is 17.8 Å². The van der Waals surface area contributed by atoms with Gasteiger partial charge in [0.2, 0.25) is 5.91 Å². The minimum Gasteiger partial charge on any atom is -0.328 e. The van der Waals surface area contributed by atoms with Crippen LogP contribution in [0.15, 0.2) is 60.8 Å². The van der Waals surface area contributed by atoms with Crippen molar-refractivity contribution < 1.29 is 4.79 Å². The van der Waals surface area contributed by atoms with Crippen molar-refractivity contribution in [3.8, 4) is 11.3 Å². The standard InChI is InChI=1S/C22H23N3O/c1-2-19(16-7-4-3-5-8-16)22(26)24-18-12-10-17(11-13-18)20-15-23-21-9-6-14-25(20)21/h3-5,7-8,10-13,15,19H,2,6,9,14H2,1H3,(H,24,26)/t19-/m0/s1. The molecule has 0 saturated heterocycles. The van der Waals surface area contributed by atoms with E-state index >= 15 is 0 Å². The van der Waals surface area contributed by atoms with Gasteiger partial charge in [0.1, 0.15) is 5.82 Å². The Morgan fingerprint density at radius 3 is 2.65 bits per heavy atom. The van der Waals surface area contributed by atoms with Crippen molar-refractivity contribution in [3.05, 3.63) is 72.2 Å². The maximum Gasteiger partial charge on any atom is 0.231 e. The van der Waals surface area contributed by atoms with E-state index in [1.807, 2.05) is 55.6 Å². The van der Waals surface area contributed by atoms with Crippen LogP contribution in [0.4, 0.5) is 5.69 Å². The smallest absolute Gasteiger partial charge is 0.231 e. The lowest BCUT2D eigenvalue weighted by molar-refractivity contribution is -0.117. The number of fused-ring (bicyclic) bond motifs is 1. The van der Waals surface area contributed by atoms with Crippen LogP contribution in [-0.4, -0.2) is 15.5 Å². The normalized spacial score (nSPS) is 14.0. The Bertz CT molecular complexity index is 897. The van der Waals surface area contributed by atoms with E-state index in [-0.39, 0.29) is 11.8 Å². The molecule has 1 aromatic heterocycles. The van der Waals surface area contributed by atoms with Gasteiger partial charge in [-0.15, -0.1) is 0 Å². The van der Waals surface area contributed by atoms with Crippen molar-refractivity contribution in [1.29, 1.82) is 0 Å². The zero-order valence-electron chi connectivity index (χ0n) is 15.0. The topological polar surface area (TPSA) is 46.9 Å². The van der Waals surface area contributed by atoms with Crippen molar-refractivity contribution >= 4 is 11.6 Å². The van der Waals surface area contributed by atoms with Crippen LogP contribution in [0.5, 0.6) is 0 Å². The van der Waals surface area contributed by atoms with E-state index in [0.717, 1.165) is 41.9 Å². The molecule has 0 saturated carbocycles. The highest BCUT2D eigenvalue weighted by Crippen LogP contribution is 2.27. The maximum absolute atomic E-state index is 12.7. The zero-order valence-corrected chi connectivity index (χ0v) is 15.0. The van der Waals surface area contributed by atoms with Gasteiger partial charge in [0.05, 0.1) is 17.8 Å². The fourth-order valence-corrected chi connectivity index (χ4v) is 3.70. The van der Waals surface area contributed by atoms with Crippen LogP contribution in [0.1, 0.15) is 37.1 Å². The molecule has 132 valence electrons. The van der Waals surface area contributed by atoms with Gasteiger partial charge < -0.3 is 9.88 Å². The molecule has 2 heterocycles. The number of carbonyl (C=O) groups excluding carboxylic acids is 1. The molecule has 1 aliphatic rings. The predicted molar refractivity (Wildman–Crippen MR) is 104 cm³/mol. The number of nitrogens with zero attached hydrogens (tertiary/aromatic N) is 2. The zero-order chi connectivity index (χ0) is 17.9. The molecule has 1 amide bonds. The van der Waals surface area contributed by atoms with Gasteiger partial charge >= 0.3 is 0 Å². The van der Waals surface area contributed by atoms with Crippen LogP contribution in [0.2, 0.25) is 0 Å². The Morgan fingerprint density at radius 1 is 1.15 bits per heavy atom. The van der Waals surface area contributed by atoms with Crippen LogP contribution in [0.25, 0.3) is 11.3 Å². The molecule has 3 aromatic rings. The molecule has 0 fully saturated rings. The van der Waals surface area contributed by atoms with E-state index in [1.165, 1.54) is 12.2 Å². The van der Waals surface area contributed by atoms with Gasteiger partial charge in [0, 0.05) is 18.7 Å². The highest BCUT2D eigenvalue weighted by molar-refractivity contribution is 5.96. The van der Waals surface area contributed by atoms with Gasteiger partial charge in [0.25, 0.3) is 0 Å². The quantitative estimate of drug-likeness (QED) is 0.733. The van der Waals surface area contributed by atoms with Crippen LogP contribution < -0.4 is 5.32 Å². The van der Waals surface area contributed by atoms with Crippen LogP contribution in [0, 0.1) is 0 Å². The van der Waals surface area contributed by atoms with Crippen molar-refractivity contribution in [2.24, 2.45) is 0 Å². The number of amides is 1. The Balaban J connectivity index is 1.49. The van der Waals surface area contributed by atoms with Gasteiger partial charge in [0.15, 0.2) is 0 Å². The maximum atomic E-state index is 12.7. The Labute approximate surface area is 153 Å². The summed E-state index contributed by atoms with van der Waals surface area (Å²) < 4.78 is 2.29. The number of carbonyl (C=O) groups is 1. The number of aromatic nitrogens is 2. The third kappa shape index (κ3) is 3.15. The first kappa shape index (κ1) is 16.6. The summed E-state index contributed by atoms with van der Waals surface area (Å²) in [6.45, 7) is 3.08. The lowest BCUT2D eigenvalue weighted by Gasteiger charge is -2.15. The monoisotopic (exact) mass is 345 g/mol. The predicted octanol–water partition coefficient (Wildman–Crippen LogP) is 4.63. The number of benzene rings is 2. The van der Waals surface area contributed by atoms with Crippen molar-refractivity contribution in [3.63, 3.8) is 0 Å². The van der Waals surface area contributed by atoms with E-state index in [4.69, 9.17) is 0 Å². The fourth-order valence-electron chi connectivity index (χ4n) is 3.70. The summed E-state index contributed by atoms with van der Waals surface area (Å²) in [5, 5.41) is 3.05. The summed E-state index contributed by atoms with van der Waals surface area (Å²) in [4.78, 5) is 17.2. The highest BCUT2D eigenvalue weighted by Gasteiger charge is 2.19. The van der Waals surface area contributed by atoms with E-state index in [1.54, 1.807) is 0 Å². The number of hydrogen-bond donors (Lipinski definition) is 1. The SMILES string of the molecule is CC[C@H](C(=O)Nc1ccc(-c2cnc3n2CCC3)cc1)c1ccccc1. The number of anilines is 1. The largest absolute Gasteiger partial charge is 0.328 e. The third-order valence-electron chi connectivity index (χ3n) is 5.10. The average Bonchev–Trinajstić information content (AvgIpc) is 3.28. The number of hydrogen-bond acceptors (Lipinski definition) is 2. The molecule has 4 heteroatoms. The summed E-state index contributed by atoms with van der Waals surface area (Å²) >= 11 is 0. The molecule has 26 heavy (non-hydrogen) atoms. The second-order valence-corrected chi connectivity index (χ2v) is 6.75. The Kier molecular flexibility index (Phi) is 4.57. The van der Waals surface area contributed by atoms with Gasteiger partial charge in [-0.05, 0) is 36.1 Å². The molecule has 4 nitrogen and oxygen atoms in total. The Morgan fingerprint density at radius 2 is 1.92 bits per heavy atom. The van der Waals surface area contributed by atoms with E-state index in [0.29, 0.717) is 0 Å².